The van der Waals surface area contributed by atoms with Gasteiger partial charge in [0.15, 0.2) is 6.61 Å². The van der Waals surface area contributed by atoms with Crippen LogP contribution in [0.15, 0.2) is 46.9 Å². The van der Waals surface area contributed by atoms with E-state index >= 15 is 0 Å². The Morgan fingerprint density at radius 3 is 2.54 bits per heavy atom. The van der Waals surface area contributed by atoms with E-state index in [0.29, 0.717) is 53.7 Å². The second kappa shape index (κ2) is 9.91. The molecule has 0 aliphatic carbocycles. The van der Waals surface area contributed by atoms with Crippen molar-refractivity contribution in [3.05, 3.63) is 57.5 Å². The van der Waals surface area contributed by atoms with Gasteiger partial charge in [-0.3, -0.25) is 9.59 Å². The molecule has 6 nitrogen and oxygen atoms in total. The standard InChI is InChI=1S/C20H20BrClN2O4/c21-17-12-15(22)3-6-18(17)28-13-19(25)23-16-4-1-14(2-5-16)11-20(26)24-7-9-27-10-8-24/h1-6,12H,7-11,13H2,(H,23,25). The first-order valence-electron chi connectivity index (χ1n) is 8.83. The molecule has 0 unspecified atom stereocenters. The molecule has 148 valence electrons. The van der Waals surface area contributed by atoms with E-state index < -0.39 is 0 Å². The van der Waals surface area contributed by atoms with Crippen LogP contribution in [-0.4, -0.2) is 49.6 Å². The van der Waals surface area contributed by atoms with Gasteiger partial charge >= 0.3 is 0 Å². The maximum atomic E-state index is 12.3. The normalized spacial score (nSPS) is 13.9. The molecule has 2 aromatic rings. The lowest BCUT2D eigenvalue weighted by Crippen LogP contribution is -2.41. The van der Waals surface area contributed by atoms with Crippen LogP contribution in [0.25, 0.3) is 0 Å². The number of ether oxygens (including phenoxy) is 2. The number of nitrogens with zero attached hydrogens (tertiary/aromatic N) is 1. The Hall–Kier alpha value is -2.09. The van der Waals surface area contributed by atoms with Crippen molar-refractivity contribution in [3.8, 4) is 5.75 Å². The van der Waals surface area contributed by atoms with Crippen molar-refractivity contribution in [1.29, 1.82) is 0 Å². The number of carbonyl (C=O) groups excluding carboxylic acids is 2. The molecule has 1 N–H and O–H groups in total. The van der Waals surface area contributed by atoms with Crippen molar-refractivity contribution in [3.63, 3.8) is 0 Å². The maximum Gasteiger partial charge on any atom is 0.262 e. The molecular weight excluding hydrogens is 448 g/mol. The van der Waals surface area contributed by atoms with Gasteiger partial charge in [0, 0.05) is 23.8 Å². The summed E-state index contributed by atoms with van der Waals surface area (Å²) in [6.45, 7) is 2.32. The number of morpholine rings is 1. The SMILES string of the molecule is O=C(COc1ccc(Cl)cc1Br)Nc1ccc(CC(=O)N2CCOCC2)cc1. The largest absolute Gasteiger partial charge is 0.483 e. The summed E-state index contributed by atoms with van der Waals surface area (Å²) in [7, 11) is 0. The van der Waals surface area contributed by atoms with Crippen LogP contribution in [-0.2, 0) is 20.7 Å². The van der Waals surface area contributed by atoms with Gasteiger partial charge in [-0.05, 0) is 51.8 Å². The first-order valence-corrected chi connectivity index (χ1v) is 10.0. The Bertz CT molecular complexity index is 839. The summed E-state index contributed by atoms with van der Waals surface area (Å²) >= 11 is 9.22. The quantitative estimate of drug-likeness (QED) is 0.706. The lowest BCUT2D eigenvalue weighted by molar-refractivity contribution is -0.134. The van der Waals surface area contributed by atoms with Crippen LogP contribution in [0.5, 0.6) is 5.75 Å². The molecule has 1 aliphatic rings. The third kappa shape index (κ3) is 5.95. The summed E-state index contributed by atoms with van der Waals surface area (Å²) < 4.78 is 11.4. The Morgan fingerprint density at radius 1 is 1.14 bits per heavy atom. The number of halogens is 2. The molecule has 2 amide bonds. The van der Waals surface area contributed by atoms with E-state index in [2.05, 4.69) is 21.2 Å². The van der Waals surface area contributed by atoms with E-state index in [4.69, 9.17) is 21.1 Å². The summed E-state index contributed by atoms with van der Waals surface area (Å²) in [6.07, 6.45) is 0.335. The second-order valence-corrected chi connectivity index (χ2v) is 7.57. The van der Waals surface area contributed by atoms with E-state index in [1.807, 2.05) is 17.0 Å². The first-order chi connectivity index (χ1) is 13.5. The van der Waals surface area contributed by atoms with Crippen molar-refractivity contribution >= 4 is 45.0 Å². The third-order valence-electron chi connectivity index (χ3n) is 4.21. The van der Waals surface area contributed by atoms with Crippen molar-refractivity contribution < 1.29 is 19.1 Å². The van der Waals surface area contributed by atoms with Crippen molar-refractivity contribution in [2.24, 2.45) is 0 Å². The number of hydrogen-bond acceptors (Lipinski definition) is 4. The molecule has 1 fully saturated rings. The predicted molar refractivity (Wildman–Crippen MR) is 111 cm³/mol. The van der Waals surface area contributed by atoms with Gasteiger partial charge < -0.3 is 19.7 Å². The zero-order valence-electron chi connectivity index (χ0n) is 15.1. The smallest absolute Gasteiger partial charge is 0.262 e. The molecule has 0 radical (unpaired) electrons. The lowest BCUT2D eigenvalue weighted by atomic mass is 10.1. The van der Waals surface area contributed by atoms with Crippen LogP contribution in [0.2, 0.25) is 5.02 Å². The molecule has 1 heterocycles. The molecule has 3 rings (SSSR count). The monoisotopic (exact) mass is 466 g/mol. The Balaban J connectivity index is 1.48. The molecule has 8 heteroatoms. The van der Waals surface area contributed by atoms with Gasteiger partial charge in [0.2, 0.25) is 5.91 Å². The zero-order chi connectivity index (χ0) is 19.9. The number of rotatable bonds is 6. The molecule has 0 saturated carbocycles. The Kier molecular flexibility index (Phi) is 7.30. The van der Waals surface area contributed by atoms with Gasteiger partial charge in [-0.2, -0.15) is 0 Å². The highest BCUT2D eigenvalue weighted by Gasteiger charge is 2.17. The van der Waals surface area contributed by atoms with Crippen molar-refractivity contribution in [1.82, 2.24) is 4.90 Å². The number of amides is 2. The number of anilines is 1. The average molecular weight is 468 g/mol. The van der Waals surface area contributed by atoms with E-state index in [1.54, 1.807) is 30.3 Å². The highest BCUT2D eigenvalue weighted by atomic mass is 79.9. The number of hydrogen-bond donors (Lipinski definition) is 1. The molecule has 0 atom stereocenters. The van der Waals surface area contributed by atoms with E-state index in [1.165, 1.54) is 0 Å². The average Bonchev–Trinajstić information content (AvgIpc) is 2.69. The van der Waals surface area contributed by atoms with Gasteiger partial charge in [-0.25, -0.2) is 0 Å². The van der Waals surface area contributed by atoms with E-state index in [9.17, 15) is 9.59 Å². The third-order valence-corrected chi connectivity index (χ3v) is 5.06. The molecule has 0 spiro atoms. The lowest BCUT2D eigenvalue weighted by Gasteiger charge is -2.26. The molecule has 1 saturated heterocycles. The summed E-state index contributed by atoms with van der Waals surface area (Å²) in [5.41, 5.74) is 1.54. The van der Waals surface area contributed by atoms with Crippen LogP contribution in [0.1, 0.15) is 5.56 Å². The molecule has 2 aromatic carbocycles. The van der Waals surface area contributed by atoms with Gasteiger partial charge in [0.05, 0.1) is 24.1 Å². The minimum absolute atomic E-state index is 0.0852. The highest BCUT2D eigenvalue weighted by Crippen LogP contribution is 2.27. The Morgan fingerprint density at radius 2 is 1.86 bits per heavy atom. The molecular formula is C20H20BrClN2O4. The second-order valence-electron chi connectivity index (χ2n) is 6.28. The molecule has 1 aliphatic heterocycles. The summed E-state index contributed by atoms with van der Waals surface area (Å²) in [5.74, 6) is 0.345. The van der Waals surface area contributed by atoms with Crippen LogP contribution in [0, 0.1) is 0 Å². The minimum Gasteiger partial charge on any atom is -0.483 e. The van der Waals surface area contributed by atoms with Crippen molar-refractivity contribution in [2.45, 2.75) is 6.42 Å². The zero-order valence-corrected chi connectivity index (χ0v) is 17.5. The number of nitrogens with one attached hydrogen (secondary N) is 1. The van der Waals surface area contributed by atoms with E-state index in [-0.39, 0.29) is 18.4 Å². The maximum absolute atomic E-state index is 12.3. The summed E-state index contributed by atoms with van der Waals surface area (Å²) in [6, 6.07) is 12.3. The topological polar surface area (TPSA) is 67.9 Å². The van der Waals surface area contributed by atoms with E-state index in [0.717, 1.165) is 5.56 Å². The minimum atomic E-state index is -0.279. The number of benzene rings is 2. The summed E-state index contributed by atoms with van der Waals surface area (Å²) in [4.78, 5) is 26.2. The van der Waals surface area contributed by atoms with Gasteiger partial charge in [-0.15, -0.1) is 0 Å². The highest BCUT2D eigenvalue weighted by molar-refractivity contribution is 9.10. The van der Waals surface area contributed by atoms with Gasteiger partial charge in [0.1, 0.15) is 5.75 Å². The van der Waals surface area contributed by atoms with Gasteiger partial charge in [0.25, 0.3) is 5.91 Å². The first kappa shape index (κ1) is 20.6. The number of carbonyl (C=O) groups is 2. The van der Waals surface area contributed by atoms with Crippen molar-refractivity contribution in [2.75, 3.05) is 38.2 Å². The summed E-state index contributed by atoms with van der Waals surface area (Å²) in [5, 5.41) is 3.35. The van der Waals surface area contributed by atoms with Crippen LogP contribution in [0.4, 0.5) is 5.69 Å². The fourth-order valence-electron chi connectivity index (χ4n) is 2.74. The van der Waals surface area contributed by atoms with Crippen LogP contribution < -0.4 is 10.1 Å². The molecule has 0 aromatic heterocycles. The fraction of sp³-hybridized carbons (Fsp3) is 0.300. The Labute approximate surface area is 176 Å². The molecule has 0 bridgehead atoms. The molecule has 28 heavy (non-hydrogen) atoms. The fourth-order valence-corrected chi connectivity index (χ4v) is 3.53. The van der Waals surface area contributed by atoms with Crippen LogP contribution in [0.3, 0.4) is 0 Å². The van der Waals surface area contributed by atoms with Gasteiger partial charge in [-0.1, -0.05) is 23.7 Å². The van der Waals surface area contributed by atoms with Crippen LogP contribution >= 0.6 is 27.5 Å². The predicted octanol–water partition coefficient (Wildman–Crippen LogP) is 3.52.